The topological polar surface area (TPSA) is 32.7 Å². The van der Waals surface area contributed by atoms with Gasteiger partial charge >= 0.3 is 0 Å². The molecule has 25 heavy (non-hydrogen) atoms. The van der Waals surface area contributed by atoms with E-state index in [4.69, 9.17) is 4.74 Å². The molecule has 0 saturated carbocycles. The summed E-state index contributed by atoms with van der Waals surface area (Å²) in [6.07, 6.45) is 9.95. The first kappa shape index (κ1) is 20.5. The van der Waals surface area contributed by atoms with Gasteiger partial charge in [0.25, 0.3) is 0 Å². The van der Waals surface area contributed by atoms with Gasteiger partial charge < -0.3 is 14.7 Å². The molecule has 0 spiro atoms. The highest BCUT2D eigenvalue weighted by atomic mass is 79.9. The molecule has 140 valence electrons. The van der Waals surface area contributed by atoms with Gasteiger partial charge in [-0.2, -0.15) is 0 Å². The van der Waals surface area contributed by atoms with Crippen molar-refractivity contribution in [3.63, 3.8) is 0 Å². The van der Waals surface area contributed by atoms with Crippen molar-refractivity contribution in [1.29, 1.82) is 0 Å². The van der Waals surface area contributed by atoms with Crippen molar-refractivity contribution in [3.8, 4) is 0 Å². The summed E-state index contributed by atoms with van der Waals surface area (Å²) in [5, 5.41) is 9.99. The summed E-state index contributed by atoms with van der Waals surface area (Å²) < 4.78 is 7.17. The minimum absolute atomic E-state index is 0.0848. The zero-order valence-corrected chi connectivity index (χ0v) is 17.4. The number of aliphatic hydroxyl groups is 1. The molecule has 3 nitrogen and oxygen atoms in total. The molecule has 0 bridgehead atoms. The van der Waals surface area contributed by atoms with Crippen LogP contribution in [0.3, 0.4) is 0 Å². The average Bonchev–Trinajstić information content (AvgIpc) is 2.58. The molecular weight excluding hydrogens is 378 g/mol. The number of rotatable bonds is 7. The van der Waals surface area contributed by atoms with E-state index in [1.807, 2.05) is 19.1 Å². The molecule has 4 unspecified atom stereocenters. The third kappa shape index (κ3) is 4.29. The fourth-order valence-corrected chi connectivity index (χ4v) is 4.83. The maximum atomic E-state index is 9.99. The third-order valence-corrected chi connectivity index (χ3v) is 6.82. The van der Waals surface area contributed by atoms with Crippen molar-refractivity contribution in [2.75, 3.05) is 13.2 Å². The van der Waals surface area contributed by atoms with Crippen LogP contribution in [0, 0.1) is 11.3 Å². The van der Waals surface area contributed by atoms with E-state index in [1.54, 1.807) is 0 Å². The predicted octanol–water partition coefficient (Wildman–Crippen LogP) is 5.15. The van der Waals surface area contributed by atoms with Gasteiger partial charge in [-0.25, -0.2) is 0 Å². The van der Waals surface area contributed by atoms with E-state index >= 15 is 0 Å². The van der Waals surface area contributed by atoms with Crippen molar-refractivity contribution in [3.05, 3.63) is 47.1 Å². The highest BCUT2D eigenvalue weighted by Crippen LogP contribution is 2.50. The number of hydrogen-bond donors (Lipinski definition) is 1. The molecule has 1 aliphatic heterocycles. The van der Waals surface area contributed by atoms with Crippen LogP contribution in [0.15, 0.2) is 47.1 Å². The maximum Gasteiger partial charge on any atom is 0.130 e. The van der Waals surface area contributed by atoms with E-state index in [1.165, 1.54) is 6.42 Å². The Hall–Kier alpha value is -0.840. The third-order valence-electron chi connectivity index (χ3n) is 5.49. The molecule has 0 amide bonds. The monoisotopic (exact) mass is 409 g/mol. The number of nitrogens with zero attached hydrogens (tertiary/aromatic N) is 1. The summed E-state index contributed by atoms with van der Waals surface area (Å²) >= 11 is 3.85. The summed E-state index contributed by atoms with van der Waals surface area (Å²) in [5.74, 6) is 0.283. The van der Waals surface area contributed by atoms with E-state index in [0.717, 1.165) is 41.7 Å². The fraction of sp³-hybridized carbons (Fsp3) is 0.619. The number of allylic oxidation sites excluding steroid dienone is 3. The molecule has 1 heterocycles. The molecule has 0 aromatic heterocycles. The van der Waals surface area contributed by atoms with Crippen LogP contribution in [-0.2, 0) is 4.74 Å². The van der Waals surface area contributed by atoms with Gasteiger partial charge in [0, 0.05) is 34.3 Å². The van der Waals surface area contributed by atoms with Gasteiger partial charge in [0.2, 0.25) is 0 Å². The standard InChI is InChI=1S/C21H32BrNO2/c1-6-11-23(19-10-8-9-12-25-19)18-13-15(3)21(5,14-16(4)24)20(22)17(18)7-2/h6-7,13,15-16,19,24H,1-2,8-12,14H2,3-5H3. The van der Waals surface area contributed by atoms with Crippen molar-refractivity contribution in [1.82, 2.24) is 4.90 Å². The maximum absolute atomic E-state index is 9.99. The Bertz CT molecular complexity index is 560. The lowest BCUT2D eigenvalue weighted by molar-refractivity contribution is -0.0664. The first-order valence-corrected chi connectivity index (χ1v) is 10.1. The molecule has 2 aliphatic rings. The molecule has 1 aliphatic carbocycles. The van der Waals surface area contributed by atoms with Crippen molar-refractivity contribution in [2.45, 2.75) is 58.8 Å². The quantitative estimate of drug-likeness (QED) is 0.590. The van der Waals surface area contributed by atoms with E-state index in [0.29, 0.717) is 6.42 Å². The average molecular weight is 410 g/mol. The second-order valence-electron chi connectivity index (χ2n) is 7.51. The molecule has 2 rings (SSSR count). The molecule has 0 aromatic rings. The van der Waals surface area contributed by atoms with Crippen LogP contribution in [0.5, 0.6) is 0 Å². The molecule has 0 radical (unpaired) electrons. The van der Waals surface area contributed by atoms with Crippen LogP contribution in [0.4, 0.5) is 0 Å². The van der Waals surface area contributed by atoms with E-state index in [-0.39, 0.29) is 23.7 Å². The number of hydrogen-bond acceptors (Lipinski definition) is 3. The van der Waals surface area contributed by atoms with Crippen LogP contribution in [-0.4, -0.2) is 35.5 Å². The van der Waals surface area contributed by atoms with Gasteiger partial charge in [-0.3, -0.25) is 0 Å². The van der Waals surface area contributed by atoms with Crippen LogP contribution in [0.1, 0.15) is 46.5 Å². The van der Waals surface area contributed by atoms with Crippen molar-refractivity contribution >= 4 is 15.9 Å². The van der Waals surface area contributed by atoms with Crippen LogP contribution in [0.25, 0.3) is 0 Å². The van der Waals surface area contributed by atoms with Crippen molar-refractivity contribution in [2.24, 2.45) is 11.3 Å². The molecule has 0 aromatic carbocycles. The van der Waals surface area contributed by atoms with Gasteiger partial charge in [0.15, 0.2) is 0 Å². The highest BCUT2D eigenvalue weighted by Gasteiger charge is 2.40. The first-order valence-electron chi connectivity index (χ1n) is 9.27. The Morgan fingerprint density at radius 3 is 2.72 bits per heavy atom. The lowest BCUT2D eigenvalue weighted by Crippen LogP contribution is -2.42. The molecular formula is C21H32BrNO2. The Morgan fingerprint density at radius 2 is 2.20 bits per heavy atom. The lowest BCUT2D eigenvalue weighted by atomic mass is 9.69. The Balaban J connectivity index is 2.43. The number of ether oxygens (including phenoxy) is 1. The highest BCUT2D eigenvalue weighted by molar-refractivity contribution is 9.11. The summed E-state index contributed by atoms with van der Waals surface area (Å²) in [6, 6.07) is 0. The minimum atomic E-state index is -0.355. The number of aliphatic hydroxyl groups excluding tert-OH is 1. The largest absolute Gasteiger partial charge is 0.393 e. The van der Waals surface area contributed by atoms with Crippen LogP contribution in [0.2, 0.25) is 0 Å². The summed E-state index contributed by atoms with van der Waals surface area (Å²) in [6.45, 7) is 15.8. The first-order chi connectivity index (χ1) is 11.8. The van der Waals surface area contributed by atoms with Gasteiger partial charge in [0.1, 0.15) is 6.23 Å². The van der Waals surface area contributed by atoms with Gasteiger partial charge in [-0.15, -0.1) is 6.58 Å². The fourth-order valence-electron chi connectivity index (χ4n) is 3.94. The molecule has 4 atom stereocenters. The number of halogens is 1. The minimum Gasteiger partial charge on any atom is -0.393 e. The molecule has 4 heteroatoms. The lowest BCUT2D eigenvalue weighted by Gasteiger charge is -2.44. The Labute approximate surface area is 161 Å². The Kier molecular flexibility index (Phi) is 7.12. The molecule has 1 fully saturated rings. The van der Waals surface area contributed by atoms with Gasteiger partial charge in [0.05, 0.1) is 6.10 Å². The smallest absolute Gasteiger partial charge is 0.130 e. The van der Waals surface area contributed by atoms with Crippen LogP contribution < -0.4 is 0 Å². The second-order valence-corrected chi connectivity index (χ2v) is 8.30. The summed E-state index contributed by atoms with van der Waals surface area (Å²) in [7, 11) is 0. The van der Waals surface area contributed by atoms with Crippen LogP contribution >= 0.6 is 15.9 Å². The Morgan fingerprint density at radius 1 is 1.48 bits per heavy atom. The molecule has 1 N–H and O–H groups in total. The second kappa shape index (κ2) is 8.70. The van der Waals surface area contributed by atoms with Gasteiger partial charge in [-0.05, 0) is 38.5 Å². The summed E-state index contributed by atoms with van der Waals surface area (Å²) in [5.41, 5.74) is 2.11. The van der Waals surface area contributed by atoms with Crippen molar-refractivity contribution < 1.29 is 9.84 Å². The van der Waals surface area contributed by atoms with E-state index < -0.39 is 0 Å². The van der Waals surface area contributed by atoms with Gasteiger partial charge in [-0.1, -0.05) is 54.6 Å². The zero-order valence-electron chi connectivity index (χ0n) is 15.8. The SMILES string of the molecule is C=CCN(C1=CC(C)C(C)(CC(C)O)C(Br)=C1C=C)C1CCCCO1. The normalized spacial score (nSPS) is 31.3. The summed E-state index contributed by atoms with van der Waals surface area (Å²) in [4.78, 5) is 2.31. The van der Waals surface area contributed by atoms with E-state index in [2.05, 4.69) is 53.9 Å². The molecule has 1 saturated heterocycles. The predicted molar refractivity (Wildman–Crippen MR) is 108 cm³/mol. The zero-order chi connectivity index (χ0) is 18.6. The van der Waals surface area contributed by atoms with E-state index in [9.17, 15) is 5.11 Å².